The van der Waals surface area contributed by atoms with Gasteiger partial charge in [0, 0.05) is 22.5 Å². The number of nitrogens with one attached hydrogen (secondary N) is 2. The third kappa shape index (κ3) is 6.09. The standard InChI is InChI=1S/C18H22Cl2N4O2S/c1-10(2)21-17(25)15-9-27-16(22-15)8-24(11(3)4)18(26)23-14-6-5-12(19)7-13(14)20/h5-7,9-11H,8H2,1-4H3,(H,21,25)(H,23,26). The molecule has 2 aromatic rings. The second-order valence-corrected chi connectivity index (χ2v) is 8.32. The average Bonchev–Trinajstić information content (AvgIpc) is 3.03. The largest absolute Gasteiger partial charge is 0.349 e. The number of hydrogen-bond donors (Lipinski definition) is 2. The first-order chi connectivity index (χ1) is 12.7. The normalized spacial score (nSPS) is 11.0. The summed E-state index contributed by atoms with van der Waals surface area (Å²) in [5.41, 5.74) is 0.835. The highest BCUT2D eigenvalue weighted by molar-refractivity contribution is 7.09. The van der Waals surface area contributed by atoms with Crippen LogP contribution in [0.4, 0.5) is 10.5 Å². The number of halogens is 2. The Morgan fingerprint density at radius 3 is 2.52 bits per heavy atom. The molecule has 0 spiro atoms. The van der Waals surface area contributed by atoms with Crippen molar-refractivity contribution in [1.29, 1.82) is 0 Å². The number of aromatic nitrogens is 1. The lowest BCUT2D eigenvalue weighted by molar-refractivity contribution is 0.0938. The molecule has 1 aromatic carbocycles. The van der Waals surface area contributed by atoms with Crippen LogP contribution in [0.25, 0.3) is 0 Å². The van der Waals surface area contributed by atoms with Gasteiger partial charge in [0.15, 0.2) is 0 Å². The molecule has 0 saturated heterocycles. The summed E-state index contributed by atoms with van der Waals surface area (Å²) in [6.45, 7) is 7.87. The van der Waals surface area contributed by atoms with Gasteiger partial charge in [-0.1, -0.05) is 23.2 Å². The summed E-state index contributed by atoms with van der Waals surface area (Å²) in [6.07, 6.45) is 0. The van der Waals surface area contributed by atoms with Gasteiger partial charge in [-0.3, -0.25) is 4.79 Å². The maximum absolute atomic E-state index is 12.7. The predicted octanol–water partition coefficient (Wildman–Crippen LogP) is 5.03. The van der Waals surface area contributed by atoms with Crippen molar-refractivity contribution in [2.45, 2.75) is 46.3 Å². The quantitative estimate of drug-likeness (QED) is 0.676. The fourth-order valence-corrected chi connectivity index (χ4v) is 3.46. The van der Waals surface area contributed by atoms with Gasteiger partial charge in [-0.15, -0.1) is 11.3 Å². The van der Waals surface area contributed by atoms with E-state index >= 15 is 0 Å². The lowest BCUT2D eigenvalue weighted by atomic mass is 10.3. The monoisotopic (exact) mass is 428 g/mol. The summed E-state index contributed by atoms with van der Waals surface area (Å²) in [6, 6.07) is 4.52. The van der Waals surface area contributed by atoms with Gasteiger partial charge in [-0.05, 0) is 45.9 Å². The van der Waals surface area contributed by atoms with Crippen molar-refractivity contribution in [3.63, 3.8) is 0 Å². The maximum Gasteiger partial charge on any atom is 0.322 e. The van der Waals surface area contributed by atoms with Gasteiger partial charge in [-0.25, -0.2) is 9.78 Å². The summed E-state index contributed by atoms with van der Waals surface area (Å²) in [5, 5.41) is 8.82. The number of carbonyl (C=O) groups excluding carboxylic acids is 2. The zero-order valence-electron chi connectivity index (χ0n) is 15.5. The summed E-state index contributed by atoms with van der Waals surface area (Å²) in [7, 11) is 0. The van der Waals surface area contributed by atoms with E-state index in [1.807, 2.05) is 27.7 Å². The molecule has 0 aliphatic rings. The van der Waals surface area contributed by atoms with Gasteiger partial charge in [0.25, 0.3) is 5.91 Å². The van der Waals surface area contributed by atoms with Crippen LogP contribution in [0.2, 0.25) is 10.0 Å². The number of thiazole rings is 1. The summed E-state index contributed by atoms with van der Waals surface area (Å²) in [4.78, 5) is 30.7. The van der Waals surface area contributed by atoms with Crippen LogP contribution in [0.15, 0.2) is 23.6 Å². The van der Waals surface area contributed by atoms with Crippen molar-refractivity contribution in [2.75, 3.05) is 5.32 Å². The Balaban J connectivity index is 2.10. The lowest BCUT2D eigenvalue weighted by Gasteiger charge is -2.26. The van der Waals surface area contributed by atoms with Gasteiger partial charge in [-0.2, -0.15) is 0 Å². The van der Waals surface area contributed by atoms with E-state index in [0.717, 1.165) is 0 Å². The predicted molar refractivity (Wildman–Crippen MR) is 111 cm³/mol. The topological polar surface area (TPSA) is 74.3 Å². The molecule has 0 radical (unpaired) electrons. The Hall–Kier alpha value is -1.83. The van der Waals surface area contributed by atoms with Crippen LogP contribution in [-0.4, -0.2) is 33.9 Å². The number of amides is 3. The summed E-state index contributed by atoms with van der Waals surface area (Å²) < 4.78 is 0. The number of hydrogen-bond acceptors (Lipinski definition) is 4. The van der Waals surface area contributed by atoms with Crippen LogP contribution in [0.3, 0.4) is 0 Å². The molecule has 1 aromatic heterocycles. The first-order valence-corrected chi connectivity index (χ1v) is 10.1. The molecule has 0 aliphatic carbocycles. The van der Waals surface area contributed by atoms with E-state index in [9.17, 15) is 9.59 Å². The Kier molecular flexibility index (Phi) is 7.47. The molecular weight excluding hydrogens is 407 g/mol. The van der Waals surface area contributed by atoms with Crippen molar-refractivity contribution < 1.29 is 9.59 Å². The fourth-order valence-electron chi connectivity index (χ4n) is 2.24. The molecule has 27 heavy (non-hydrogen) atoms. The van der Waals surface area contributed by atoms with Gasteiger partial charge < -0.3 is 15.5 Å². The number of carbonyl (C=O) groups is 2. The Labute approximate surface area is 172 Å². The average molecular weight is 429 g/mol. The molecule has 0 unspecified atom stereocenters. The SMILES string of the molecule is CC(C)NC(=O)c1csc(CN(C(=O)Nc2ccc(Cl)cc2Cl)C(C)C)n1. The van der Waals surface area contributed by atoms with Crippen LogP contribution in [0.1, 0.15) is 43.2 Å². The zero-order valence-corrected chi connectivity index (χ0v) is 17.9. The minimum atomic E-state index is -0.308. The van der Waals surface area contributed by atoms with Crippen LogP contribution in [0, 0.1) is 0 Å². The first-order valence-electron chi connectivity index (χ1n) is 8.45. The molecular formula is C18H22Cl2N4O2S. The minimum absolute atomic E-state index is 0.0321. The third-order valence-corrected chi connectivity index (χ3v) is 4.95. The molecule has 2 rings (SSSR count). The van der Waals surface area contributed by atoms with Crippen molar-refractivity contribution >= 4 is 52.2 Å². The first kappa shape index (κ1) is 21.5. The number of urea groups is 1. The highest BCUT2D eigenvalue weighted by Gasteiger charge is 2.21. The van der Waals surface area contributed by atoms with Crippen molar-refractivity contribution in [2.24, 2.45) is 0 Å². The molecule has 0 atom stereocenters. The molecule has 0 bridgehead atoms. The van der Waals surface area contributed by atoms with E-state index < -0.39 is 0 Å². The molecule has 1 heterocycles. The maximum atomic E-state index is 12.7. The number of anilines is 1. The smallest absolute Gasteiger partial charge is 0.322 e. The fraction of sp³-hybridized carbons (Fsp3) is 0.389. The molecule has 0 saturated carbocycles. The highest BCUT2D eigenvalue weighted by Crippen LogP contribution is 2.26. The van der Waals surface area contributed by atoms with Gasteiger partial charge in [0.1, 0.15) is 10.7 Å². The van der Waals surface area contributed by atoms with E-state index in [2.05, 4.69) is 15.6 Å². The van der Waals surface area contributed by atoms with Crippen LogP contribution < -0.4 is 10.6 Å². The molecule has 0 aliphatic heterocycles. The van der Waals surface area contributed by atoms with Crippen LogP contribution in [-0.2, 0) is 6.54 Å². The highest BCUT2D eigenvalue weighted by atomic mass is 35.5. The molecule has 6 nitrogen and oxygen atoms in total. The second kappa shape index (κ2) is 9.39. The summed E-state index contributed by atoms with van der Waals surface area (Å²) >= 11 is 13.4. The number of nitrogens with zero attached hydrogens (tertiary/aromatic N) is 2. The minimum Gasteiger partial charge on any atom is -0.349 e. The number of rotatable bonds is 6. The van der Waals surface area contributed by atoms with Crippen LogP contribution >= 0.6 is 34.5 Å². The second-order valence-electron chi connectivity index (χ2n) is 6.53. The van der Waals surface area contributed by atoms with Crippen LogP contribution in [0.5, 0.6) is 0 Å². The van der Waals surface area contributed by atoms with Crippen molar-refractivity contribution in [3.8, 4) is 0 Å². The van der Waals surface area contributed by atoms with Gasteiger partial charge in [0.05, 0.1) is 17.3 Å². The third-order valence-electron chi connectivity index (χ3n) is 3.57. The van der Waals surface area contributed by atoms with Crippen molar-refractivity contribution in [1.82, 2.24) is 15.2 Å². The van der Waals surface area contributed by atoms with E-state index in [4.69, 9.17) is 23.2 Å². The zero-order chi connectivity index (χ0) is 20.1. The molecule has 146 valence electrons. The van der Waals surface area contributed by atoms with E-state index in [1.54, 1.807) is 28.5 Å². The lowest BCUT2D eigenvalue weighted by Crippen LogP contribution is -2.39. The van der Waals surface area contributed by atoms with Gasteiger partial charge >= 0.3 is 6.03 Å². The Morgan fingerprint density at radius 2 is 1.93 bits per heavy atom. The Bertz CT molecular complexity index is 823. The van der Waals surface area contributed by atoms with E-state index in [0.29, 0.717) is 26.4 Å². The van der Waals surface area contributed by atoms with Crippen molar-refractivity contribution in [3.05, 3.63) is 44.3 Å². The van der Waals surface area contributed by atoms with E-state index in [-0.39, 0.29) is 30.6 Å². The van der Waals surface area contributed by atoms with Gasteiger partial charge in [0.2, 0.25) is 0 Å². The summed E-state index contributed by atoms with van der Waals surface area (Å²) in [5.74, 6) is -0.221. The molecule has 2 N–H and O–H groups in total. The van der Waals surface area contributed by atoms with E-state index in [1.165, 1.54) is 11.3 Å². The Morgan fingerprint density at radius 1 is 1.22 bits per heavy atom. The molecule has 9 heteroatoms. The number of benzene rings is 1. The molecule has 0 fully saturated rings. The molecule has 3 amide bonds.